The van der Waals surface area contributed by atoms with Gasteiger partial charge >= 0.3 is 0 Å². The van der Waals surface area contributed by atoms with Crippen molar-refractivity contribution in [2.75, 3.05) is 5.32 Å². The van der Waals surface area contributed by atoms with Crippen molar-refractivity contribution in [2.45, 2.75) is 32.7 Å². The Kier molecular flexibility index (Phi) is 5.93. The van der Waals surface area contributed by atoms with E-state index in [9.17, 15) is 4.79 Å². The Morgan fingerprint density at radius 2 is 1.90 bits per heavy atom. The van der Waals surface area contributed by atoms with Crippen molar-refractivity contribution in [3.8, 4) is 5.69 Å². The summed E-state index contributed by atoms with van der Waals surface area (Å²) < 4.78 is 2.12. The van der Waals surface area contributed by atoms with Crippen LogP contribution in [0.15, 0.2) is 59.5 Å². The minimum atomic E-state index is -0.191. The van der Waals surface area contributed by atoms with Gasteiger partial charge in [0.25, 0.3) is 5.91 Å². The van der Waals surface area contributed by atoms with Crippen molar-refractivity contribution in [2.24, 2.45) is 0 Å². The molecule has 1 aliphatic rings. The third-order valence-electron chi connectivity index (χ3n) is 5.24. The van der Waals surface area contributed by atoms with E-state index in [0.717, 1.165) is 34.7 Å². The fourth-order valence-corrected chi connectivity index (χ4v) is 4.83. The number of nitrogens with zero attached hydrogens (tertiary/aromatic N) is 1. The molecule has 2 N–H and O–H groups in total. The molecular weight excluding hydrogens is 414 g/mol. The Labute approximate surface area is 186 Å². The molecule has 0 bridgehead atoms. The number of anilines is 1. The van der Waals surface area contributed by atoms with E-state index in [4.69, 9.17) is 11.6 Å². The van der Waals surface area contributed by atoms with Crippen molar-refractivity contribution in [3.63, 3.8) is 0 Å². The number of benzene rings is 2. The number of carbonyl (C=O) groups excluding carboxylic acids is 1. The molecule has 154 valence electrons. The lowest BCUT2D eigenvalue weighted by Gasteiger charge is -2.13. The molecule has 0 unspecified atom stereocenters. The number of amides is 1. The highest BCUT2D eigenvalue weighted by Crippen LogP contribution is 2.33. The molecule has 4 nitrogen and oxygen atoms in total. The van der Waals surface area contributed by atoms with Crippen LogP contribution in [-0.2, 0) is 11.2 Å². The summed E-state index contributed by atoms with van der Waals surface area (Å²) in [7, 11) is 0. The number of nitrogens with one attached hydrogen (secondary N) is 2. The van der Waals surface area contributed by atoms with Crippen LogP contribution in [-0.4, -0.2) is 16.0 Å². The summed E-state index contributed by atoms with van der Waals surface area (Å²) in [5.41, 5.74) is 6.16. The summed E-state index contributed by atoms with van der Waals surface area (Å²) in [6.07, 6.45) is 2.96. The van der Waals surface area contributed by atoms with Gasteiger partial charge in [-0.1, -0.05) is 54.6 Å². The van der Waals surface area contributed by atoms with Gasteiger partial charge < -0.3 is 15.2 Å². The van der Waals surface area contributed by atoms with Crippen molar-refractivity contribution < 1.29 is 4.79 Å². The van der Waals surface area contributed by atoms with Gasteiger partial charge in [0.05, 0.1) is 15.6 Å². The standard InChI is InChI=1S/C24H24ClN3OS/c1-4-17-9-11-19(12-10-17)26-24-27-23(29)22(30-24)14-18-13-15(2)28(16(18)3)21-8-6-5-7-20(21)25/h5-14,24,26H,4H2,1-3H3,(H,27,29)/b22-14-/t24-/m1/s1. The van der Waals surface area contributed by atoms with Crippen LogP contribution in [0.5, 0.6) is 0 Å². The van der Waals surface area contributed by atoms with Gasteiger partial charge in [-0.25, -0.2) is 0 Å². The van der Waals surface area contributed by atoms with Crippen LogP contribution >= 0.6 is 23.4 Å². The molecule has 1 atom stereocenters. The number of halogens is 1. The highest BCUT2D eigenvalue weighted by atomic mass is 35.5. The van der Waals surface area contributed by atoms with Crippen LogP contribution in [0.1, 0.15) is 29.4 Å². The first-order valence-corrected chi connectivity index (χ1v) is 11.2. The summed E-state index contributed by atoms with van der Waals surface area (Å²) in [6, 6.07) is 18.2. The quantitative estimate of drug-likeness (QED) is 0.488. The lowest BCUT2D eigenvalue weighted by atomic mass is 10.1. The number of carbonyl (C=O) groups is 1. The summed E-state index contributed by atoms with van der Waals surface area (Å²) in [6.45, 7) is 6.23. The Morgan fingerprint density at radius 1 is 1.17 bits per heavy atom. The molecule has 0 aliphatic carbocycles. The molecule has 1 aromatic heterocycles. The molecule has 1 fully saturated rings. The molecule has 30 heavy (non-hydrogen) atoms. The van der Waals surface area contributed by atoms with E-state index in [0.29, 0.717) is 9.93 Å². The number of para-hydroxylation sites is 1. The fourth-order valence-electron chi connectivity index (χ4n) is 3.63. The van der Waals surface area contributed by atoms with Gasteiger partial charge in [-0.3, -0.25) is 4.79 Å². The summed E-state index contributed by atoms with van der Waals surface area (Å²) in [4.78, 5) is 13.2. The summed E-state index contributed by atoms with van der Waals surface area (Å²) in [5, 5.41) is 7.07. The molecule has 1 aliphatic heterocycles. The molecule has 4 rings (SSSR count). The van der Waals surface area contributed by atoms with Gasteiger partial charge in [-0.15, -0.1) is 0 Å². The lowest BCUT2D eigenvalue weighted by molar-refractivity contribution is -0.116. The molecule has 3 aromatic rings. The Balaban J connectivity index is 1.56. The van der Waals surface area contributed by atoms with Gasteiger partial charge in [0, 0.05) is 17.1 Å². The second-order valence-corrected chi connectivity index (χ2v) is 8.84. The van der Waals surface area contributed by atoms with E-state index in [1.165, 1.54) is 17.3 Å². The van der Waals surface area contributed by atoms with Gasteiger partial charge in [0.2, 0.25) is 0 Å². The molecule has 1 amide bonds. The average Bonchev–Trinajstić information content (AvgIpc) is 3.21. The van der Waals surface area contributed by atoms with Crippen molar-refractivity contribution >= 4 is 41.0 Å². The molecule has 0 radical (unpaired) electrons. The number of hydrogen-bond donors (Lipinski definition) is 2. The molecule has 1 saturated heterocycles. The van der Waals surface area contributed by atoms with Crippen LogP contribution in [0.4, 0.5) is 5.69 Å². The van der Waals surface area contributed by atoms with Crippen LogP contribution in [0, 0.1) is 13.8 Å². The van der Waals surface area contributed by atoms with Crippen molar-refractivity contribution in [1.29, 1.82) is 0 Å². The van der Waals surface area contributed by atoms with E-state index in [-0.39, 0.29) is 11.4 Å². The van der Waals surface area contributed by atoms with Crippen molar-refractivity contribution in [3.05, 3.63) is 87.0 Å². The second kappa shape index (κ2) is 8.62. The normalized spacial score (nSPS) is 17.4. The highest BCUT2D eigenvalue weighted by Gasteiger charge is 2.27. The Hall–Kier alpha value is -2.63. The van der Waals surface area contributed by atoms with Gasteiger partial charge in [0.1, 0.15) is 0 Å². The SMILES string of the molecule is CCc1ccc(N[C@@H]2NC(=O)/C(=C/c3cc(C)n(-c4ccccc4Cl)c3C)S2)cc1. The highest BCUT2D eigenvalue weighted by molar-refractivity contribution is 8.05. The van der Waals surface area contributed by atoms with Crippen LogP contribution in [0.2, 0.25) is 5.02 Å². The molecule has 6 heteroatoms. The van der Waals surface area contributed by atoms with E-state index in [1.807, 2.05) is 56.3 Å². The maximum absolute atomic E-state index is 12.5. The predicted molar refractivity (Wildman–Crippen MR) is 127 cm³/mol. The number of aromatic nitrogens is 1. The largest absolute Gasteiger partial charge is 0.357 e. The molecule has 0 spiro atoms. The predicted octanol–water partition coefficient (Wildman–Crippen LogP) is 5.91. The van der Waals surface area contributed by atoms with E-state index < -0.39 is 0 Å². The lowest BCUT2D eigenvalue weighted by Crippen LogP contribution is -2.30. The van der Waals surface area contributed by atoms with Gasteiger partial charge in [-0.2, -0.15) is 0 Å². The molecular formula is C24H24ClN3OS. The minimum absolute atomic E-state index is 0.0646. The second-order valence-electron chi connectivity index (χ2n) is 7.29. The van der Waals surface area contributed by atoms with Gasteiger partial charge in [0.15, 0.2) is 5.50 Å². The first kappa shape index (κ1) is 20.6. The molecule has 2 heterocycles. The van der Waals surface area contributed by atoms with E-state index >= 15 is 0 Å². The number of aryl methyl sites for hydroxylation is 2. The fraction of sp³-hybridized carbons (Fsp3) is 0.208. The molecule has 0 saturated carbocycles. The monoisotopic (exact) mass is 437 g/mol. The third-order valence-corrected chi connectivity index (χ3v) is 6.59. The topological polar surface area (TPSA) is 46.1 Å². The molecule has 2 aromatic carbocycles. The maximum Gasteiger partial charge on any atom is 0.260 e. The maximum atomic E-state index is 12.5. The number of hydrogen-bond acceptors (Lipinski definition) is 3. The van der Waals surface area contributed by atoms with E-state index in [1.54, 1.807) is 0 Å². The van der Waals surface area contributed by atoms with Crippen molar-refractivity contribution in [1.82, 2.24) is 9.88 Å². The van der Waals surface area contributed by atoms with Crippen LogP contribution in [0.3, 0.4) is 0 Å². The average molecular weight is 438 g/mol. The van der Waals surface area contributed by atoms with Crippen LogP contribution in [0.25, 0.3) is 11.8 Å². The first-order valence-electron chi connectivity index (χ1n) is 9.95. The number of thioether (sulfide) groups is 1. The first-order chi connectivity index (χ1) is 14.5. The summed E-state index contributed by atoms with van der Waals surface area (Å²) >= 11 is 7.90. The van der Waals surface area contributed by atoms with Gasteiger partial charge in [-0.05, 0) is 67.8 Å². The smallest absolute Gasteiger partial charge is 0.260 e. The van der Waals surface area contributed by atoms with Crippen LogP contribution < -0.4 is 10.6 Å². The summed E-state index contributed by atoms with van der Waals surface area (Å²) in [5.74, 6) is -0.0646. The third kappa shape index (κ3) is 4.13. The zero-order chi connectivity index (χ0) is 21.3. The minimum Gasteiger partial charge on any atom is -0.357 e. The number of rotatable bonds is 5. The zero-order valence-corrected chi connectivity index (χ0v) is 18.8. The van der Waals surface area contributed by atoms with E-state index in [2.05, 4.69) is 40.3 Å². The zero-order valence-electron chi connectivity index (χ0n) is 17.2. The Bertz CT molecular complexity index is 1120. The Morgan fingerprint density at radius 3 is 2.60 bits per heavy atom.